The second-order valence-corrected chi connectivity index (χ2v) is 4.83. The molecule has 26 heavy (non-hydrogen) atoms. The summed E-state index contributed by atoms with van der Waals surface area (Å²) >= 11 is 0. The normalized spacial score (nSPS) is 12.1. The number of ether oxygens (including phenoxy) is 3. The van der Waals surface area contributed by atoms with Crippen LogP contribution in [0, 0.1) is 10.1 Å². The van der Waals surface area contributed by atoms with E-state index >= 15 is 0 Å². The Morgan fingerprint density at radius 3 is 2.15 bits per heavy atom. The summed E-state index contributed by atoms with van der Waals surface area (Å²) in [6.07, 6.45) is -6.02. The molecule has 0 aliphatic rings. The van der Waals surface area contributed by atoms with Crippen molar-refractivity contribution < 1.29 is 41.9 Å². The van der Waals surface area contributed by atoms with Crippen LogP contribution in [0.4, 0.5) is 18.9 Å². The summed E-state index contributed by atoms with van der Waals surface area (Å²) in [6, 6.07) is 0.246. The molecule has 1 rings (SSSR count). The second kappa shape index (κ2) is 8.36. The molecule has 0 saturated heterocycles. The lowest BCUT2D eigenvalue weighted by Crippen LogP contribution is -2.40. The molecule has 0 fully saturated rings. The standard InChI is InChI=1S/C14H15F3N2O7/c1-24-10-4-7(9(19(22)23)6-11(10)25-2)8(5-12(20)26-3)18-13(21)14(15,16)17/h4,6,8H,5H2,1-3H3,(H,18,21). The Morgan fingerprint density at radius 2 is 1.73 bits per heavy atom. The highest BCUT2D eigenvalue weighted by Crippen LogP contribution is 2.38. The van der Waals surface area contributed by atoms with Gasteiger partial charge in [0, 0.05) is 0 Å². The number of alkyl halides is 3. The zero-order chi connectivity index (χ0) is 20.1. The van der Waals surface area contributed by atoms with E-state index in [1.165, 1.54) is 14.2 Å². The van der Waals surface area contributed by atoms with Crippen molar-refractivity contribution in [3.05, 3.63) is 27.8 Å². The minimum Gasteiger partial charge on any atom is -0.493 e. The number of amides is 1. The molecule has 0 spiro atoms. The van der Waals surface area contributed by atoms with Crippen molar-refractivity contribution in [2.75, 3.05) is 21.3 Å². The number of esters is 1. The first-order valence-electron chi connectivity index (χ1n) is 6.89. The summed E-state index contributed by atoms with van der Waals surface area (Å²) < 4.78 is 51.9. The Kier molecular flexibility index (Phi) is 6.75. The summed E-state index contributed by atoms with van der Waals surface area (Å²) in [5, 5.41) is 12.8. The number of carbonyl (C=O) groups is 2. The first-order chi connectivity index (χ1) is 12.0. The molecule has 1 aromatic carbocycles. The quantitative estimate of drug-likeness (QED) is 0.436. The summed E-state index contributed by atoms with van der Waals surface area (Å²) in [7, 11) is 3.39. The van der Waals surface area contributed by atoms with Gasteiger partial charge < -0.3 is 19.5 Å². The fourth-order valence-electron chi connectivity index (χ4n) is 2.05. The van der Waals surface area contributed by atoms with Crippen LogP contribution in [0.25, 0.3) is 0 Å². The van der Waals surface area contributed by atoms with Crippen molar-refractivity contribution in [1.82, 2.24) is 5.32 Å². The van der Waals surface area contributed by atoms with Gasteiger partial charge in [-0.1, -0.05) is 0 Å². The molecule has 0 aromatic heterocycles. The Bertz CT molecular complexity index is 707. The molecule has 0 aliphatic heterocycles. The van der Waals surface area contributed by atoms with E-state index in [1.54, 1.807) is 5.32 Å². The molecular formula is C14H15F3N2O7. The van der Waals surface area contributed by atoms with Crippen molar-refractivity contribution in [2.45, 2.75) is 18.6 Å². The Balaban J connectivity index is 3.49. The molecule has 1 atom stereocenters. The van der Waals surface area contributed by atoms with Gasteiger partial charge in [0.25, 0.3) is 5.69 Å². The maximum atomic E-state index is 12.6. The maximum Gasteiger partial charge on any atom is 0.471 e. The van der Waals surface area contributed by atoms with Gasteiger partial charge in [0.15, 0.2) is 11.5 Å². The number of nitrogens with zero attached hydrogens (tertiary/aromatic N) is 1. The molecule has 1 N–H and O–H groups in total. The second-order valence-electron chi connectivity index (χ2n) is 4.83. The van der Waals surface area contributed by atoms with Gasteiger partial charge in [0.05, 0.1) is 50.3 Å². The van der Waals surface area contributed by atoms with Crippen LogP contribution in [0.5, 0.6) is 11.5 Å². The number of nitro benzene ring substituents is 1. The zero-order valence-electron chi connectivity index (χ0n) is 13.9. The number of nitrogens with one attached hydrogen (secondary N) is 1. The van der Waals surface area contributed by atoms with E-state index in [0.29, 0.717) is 0 Å². The van der Waals surface area contributed by atoms with Crippen LogP contribution < -0.4 is 14.8 Å². The minimum atomic E-state index is -5.25. The minimum absolute atomic E-state index is 0.0378. The predicted molar refractivity (Wildman–Crippen MR) is 79.8 cm³/mol. The number of methoxy groups -OCH3 is 3. The highest BCUT2D eigenvalue weighted by molar-refractivity contribution is 5.83. The molecular weight excluding hydrogens is 365 g/mol. The first kappa shape index (κ1) is 21.0. The van der Waals surface area contributed by atoms with Crippen LogP contribution in [0.2, 0.25) is 0 Å². The highest BCUT2D eigenvalue weighted by Gasteiger charge is 2.41. The molecule has 12 heteroatoms. The molecule has 0 aliphatic carbocycles. The number of nitro groups is 1. The Hall–Kier alpha value is -3.05. The number of halogens is 3. The van der Waals surface area contributed by atoms with E-state index in [1.807, 2.05) is 0 Å². The maximum absolute atomic E-state index is 12.6. The van der Waals surface area contributed by atoms with Gasteiger partial charge in [-0.15, -0.1) is 0 Å². The van der Waals surface area contributed by atoms with Gasteiger partial charge in [-0.3, -0.25) is 19.7 Å². The average molecular weight is 380 g/mol. The van der Waals surface area contributed by atoms with Gasteiger partial charge in [-0.25, -0.2) is 0 Å². The summed E-state index contributed by atoms with van der Waals surface area (Å²) in [5.41, 5.74) is -1.05. The van der Waals surface area contributed by atoms with E-state index in [2.05, 4.69) is 4.74 Å². The summed E-state index contributed by atoms with van der Waals surface area (Å²) in [5.74, 6) is -3.44. The lowest BCUT2D eigenvalue weighted by Gasteiger charge is -2.20. The van der Waals surface area contributed by atoms with Gasteiger partial charge in [-0.2, -0.15) is 13.2 Å². The average Bonchev–Trinajstić information content (AvgIpc) is 2.58. The van der Waals surface area contributed by atoms with Crippen LogP contribution in [0.1, 0.15) is 18.0 Å². The van der Waals surface area contributed by atoms with Gasteiger partial charge in [-0.05, 0) is 6.07 Å². The monoisotopic (exact) mass is 380 g/mol. The molecule has 0 saturated carbocycles. The smallest absolute Gasteiger partial charge is 0.471 e. The van der Waals surface area contributed by atoms with Gasteiger partial charge in [0.2, 0.25) is 0 Å². The summed E-state index contributed by atoms with van der Waals surface area (Å²) in [4.78, 5) is 33.2. The third kappa shape index (κ3) is 4.97. The first-order valence-corrected chi connectivity index (χ1v) is 6.89. The topological polar surface area (TPSA) is 117 Å². The molecule has 0 heterocycles. The fourth-order valence-corrected chi connectivity index (χ4v) is 2.05. The fraction of sp³-hybridized carbons (Fsp3) is 0.429. The van der Waals surface area contributed by atoms with Crippen LogP contribution in [-0.4, -0.2) is 44.3 Å². The molecule has 1 amide bonds. The largest absolute Gasteiger partial charge is 0.493 e. The van der Waals surface area contributed by atoms with Crippen molar-refractivity contribution in [3.63, 3.8) is 0 Å². The van der Waals surface area contributed by atoms with E-state index in [9.17, 15) is 32.9 Å². The molecule has 144 valence electrons. The Labute approximate surface area is 145 Å². The van der Waals surface area contributed by atoms with Gasteiger partial charge >= 0.3 is 18.1 Å². The number of hydrogen-bond donors (Lipinski definition) is 1. The van der Waals surface area contributed by atoms with Crippen molar-refractivity contribution in [1.29, 1.82) is 0 Å². The van der Waals surface area contributed by atoms with Crippen molar-refractivity contribution in [2.24, 2.45) is 0 Å². The van der Waals surface area contributed by atoms with Crippen LogP contribution in [0.15, 0.2) is 12.1 Å². The lowest BCUT2D eigenvalue weighted by molar-refractivity contribution is -0.385. The number of hydrogen-bond acceptors (Lipinski definition) is 7. The number of benzene rings is 1. The van der Waals surface area contributed by atoms with E-state index in [-0.39, 0.29) is 17.1 Å². The number of carbonyl (C=O) groups excluding carboxylic acids is 2. The van der Waals surface area contributed by atoms with Gasteiger partial charge in [0.1, 0.15) is 0 Å². The third-order valence-electron chi connectivity index (χ3n) is 3.27. The molecule has 1 aromatic rings. The van der Waals surface area contributed by atoms with Crippen LogP contribution in [0.3, 0.4) is 0 Å². The Morgan fingerprint density at radius 1 is 1.19 bits per heavy atom. The predicted octanol–water partition coefficient (Wildman–Crippen LogP) is 1.89. The SMILES string of the molecule is COC(=O)CC(NC(=O)C(F)(F)F)c1cc(OC)c(OC)cc1[N+](=O)[O-]. The van der Waals surface area contributed by atoms with Crippen molar-refractivity contribution >= 4 is 17.6 Å². The van der Waals surface area contributed by atoms with E-state index < -0.39 is 41.1 Å². The van der Waals surface area contributed by atoms with Crippen LogP contribution >= 0.6 is 0 Å². The zero-order valence-corrected chi connectivity index (χ0v) is 13.9. The van der Waals surface area contributed by atoms with E-state index in [4.69, 9.17) is 9.47 Å². The summed E-state index contributed by atoms with van der Waals surface area (Å²) in [6.45, 7) is 0. The molecule has 0 radical (unpaired) electrons. The molecule has 1 unspecified atom stereocenters. The highest BCUT2D eigenvalue weighted by atomic mass is 19.4. The lowest BCUT2D eigenvalue weighted by atomic mass is 10.0. The third-order valence-corrected chi connectivity index (χ3v) is 3.27. The number of rotatable bonds is 7. The molecule has 9 nitrogen and oxygen atoms in total. The van der Waals surface area contributed by atoms with Crippen LogP contribution in [-0.2, 0) is 14.3 Å². The van der Waals surface area contributed by atoms with Crippen molar-refractivity contribution in [3.8, 4) is 11.5 Å². The molecule has 0 bridgehead atoms. The van der Waals surface area contributed by atoms with E-state index in [0.717, 1.165) is 19.2 Å².